The van der Waals surface area contributed by atoms with Crippen molar-refractivity contribution in [3.63, 3.8) is 0 Å². The lowest BCUT2D eigenvalue weighted by atomic mass is 9.64. The van der Waals surface area contributed by atoms with Crippen LogP contribution in [0.1, 0.15) is 24.8 Å². The first-order valence-electron chi connectivity index (χ1n) is 6.73. The summed E-state index contributed by atoms with van der Waals surface area (Å²) in [6.45, 7) is 0. The zero-order valence-corrected chi connectivity index (χ0v) is 11.0. The minimum atomic E-state index is -0.481. The van der Waals surface area contributed by atoms with Gasteiger partial charge in [-0.1, -0.05) is 36.8 Å². The smallest absolute Gasteiger partial charge is 0.236 e. The number of rotatable bonds is 3. The van der Waals surface area contributed by atoms with Gasteiger partial charge >= 0.3 is 0 Å². The second-order valence-corrected chi connectivity index (χ2v) is 5.13. The predicted molar refractivity (Wildman–Crippen MR) is 76.5 cm³/mol. The van der Waals surface area contributed by atoms with Gasteiger partial charge in [-0.15, -0.1) is 0 Å². The third kappa shape index (κ3) is 2.03. The molecule has 1 fully saturated rings. The fourth-order valence-corrected chi connectivity index (χ4v) is 2.65. The van der Waals surface area contributed by atoms with Gasteiger partial charge < -0.3 is 10.4 Å². The molecule has 2 aromatic rings. The standard InChI is InChI=1S/C16H16N2O2/c19-13-8-4-11-17-14(13)18-15(20)16(9-5-10-16)12-6-2-1-3-7-12/h1-4,6-8,11,19H,5,9-10H2,(H,17,18,20). The molecule has 0 unspecified atom stereocenters. The highest BCUT2D eigenvalue weighted by molar-refractivity contribution is 6.00. The zero-order valence-electron chi connectivity index (χ0n) is 11.0. The van der Waals surface area contributed by atoms with Crippen molar-refractivity contribution in [1.29, 1.82) is 0 Å². The Morgan fingerprint density at radius 2 is 1.90 bits per heavy atom. The Morgan fingerprint density at radius 1 is 1.15 bits per heavy atom. The molecule has 1 heterocycles. The van der Waals surface area contributed by atoms with Crippen molar-refractivity contribution in [3.8, 4) is 5.75 Å². The molecule has 0 radical (unpaired) electrons. The number of aromatic hydroxyl groups is 1. The molecule has 1 aromatic carbocycles. The number of pyridine rings is 1. The van der Waals surface area contributed by atoms with Gasteiger partial charge in [0, 0.05) is 6.20 Å². The molecule has 4 nitrogen and oxygen atoms in total. The lowest BCUT2D eigenvalue weighted by Crippen LogP contribution is -2.46. The largest absolute Gasteiger partial charge is 0.504 e. The quantitative estimate of drug-likeness (QED) is 0.899. The molecule has 0 aliphatic heterocycles. The first-order valence-corrected chi connectivity index (χ1v) is 6.73. The molecular formula is C16H16N2O2. The van der Waals surface area contributed by atoms with Crippen molar-refractivity contribution in [3.05, 3.63) is 54.2 Å². The number of anilines is 1. The highest BCUT2D eigenvalue weighted by Crippen LogP contribution is 2.44. The molecule has 0 spiro atoms. The second kappa shape index (κ2) is 4.96. The van der Waals surface area contributed by atoms with Gasteiger partial charge in [-0.2, -0.15) is 0 Å². The van der Waals surface area contributed by atoms with Gasteiger partial charge in [-0.3, -0.25) is 4.79 Å². The molecule has 1 saturated carbocycles. The molecular weight excluding hydrogens is 252 g/mol. The van der Waals surface area contributed by atoms with Gasteiger partial charge in [0.25, 0.3) is 0 Å². The summed E-state index contributed by atoms with van der Waals surface area (Å²) in [6, 6.07) is 12.9. The van der Waals surface area contributed by atoms with Gasteiger partial charge in [0.2, 0.25) is 5.91 Å². The molecule has 1 aliphatic rings. The third-order valence-corrected chi connectivity index (χ3v) is 3.99. The van der Waals surface area contributed by atoms with Crippen LogP contribution in [0.15, 0.2) is 48.7 Å². The van der Waals surface area contributed by atoms with Crippen molar-refractivity contribution in [2.75, 3.05) is 5.32 Å². The number of carbonyl (C=O) groups excluding carboxylic acids is 1. The van der Waals surface area contributed by atoms with Crippen LogP contribution in [-0.4, -0.2) is 16.0 Å². The monoisotopic (exact) mass is 268 g/mol. The molecule has 20 heavy (non-hydrogen) atoms. The first-order chi connectivity index (χ1) is 9.72. The van der Waals surface area contributed by atoms with Crippen LogP contribution in [0.4, 0.5) is 5.82 Å². The summed E-state index contributed by atoms with van der Waals surface area (Å²) in [4.78, 5) is 16.6. The Hall–Kier alpha value is -2.36. The molecule has 4 heteroatoms. The van der Waals surface area contributed by atoms with E-state index in [1.54, 1.807) is 12.3 Å². The van der Waals surface area contributed by atoms with Crippen LogP contribution in [0, 0.1) is 0 Å². The van der Waals surface area contributed by atoms with Crippen LogP contribution in [0.2, 0.25) is 0 Å². The van der Waals surface area contributed by atoms with Gasteiger partial charge in [-0.25, -0.2) is 4.98 Å². The number of aromatic nitrogens is 1. The van der Waals surface area contributed by atoms with Gasteiger partial charge in [0.1, 0.15) is 0 Å². The van der Waals surface area contributed by atoms with Crippen LogP contribution >= 0.6 is 0 Å². The minimum Gasteiger partial charge on any atom is -0.504 e. The fraction of sp³-hybridized carbons (Fsp3) is 0.250. The summed E-state index contributed by atoms with van der Waals surface area (Å²) in [5.41, 5.74) is 0.546. The lowest BCUT2D eigenvalue weighted by molar-refractivity contribution is -0.124. The number of amides is 1. The topological polar surface area (TPSA) is 62.2 Å². The first kappa shape index (κ1) is 12.7. The number of benzene rings is 1. The van der Waals surface area contributed by atoms with E-state index in [0.29, 0.717) is 0 Å². The van der Waals surface area contributed by atoms with Crippen molar-refractivity contribution < 1.29 is 9.90 Å². The van der Waals surface area contributed by atoms with E-state index >= 15 is 0 Å². The van der Waals surface area contributed by atoms with Gasteiger partial charge in [-0.05, 0) is 30.5 Å². The maximum Gasteiger partial charge on any atom is 0.236 e. The van der Waals surface area contributed by atoms with Crippen molar-refractivity contribution >= 4 is 11.7 Å². The number of nitrogens with zero attached hydrogens (tertiary/aromatic N) is 1. The molecule has 0 saturated heterocycles. The number of hydrogen-bond donors (Lipinski definition) is 2. The summed E-state index contributed by atoms with van der Waals surface area (Å²) in [7, 11) is 0. The predicted octanol–water partition coefficient (Wildman–Crippen LogP) is 2.85. The highest BCUT2D eigenvalue weighted by Gasteiger charge is 2.45. The van der Waals surface area contributed by atoms with Crippen LogP contribution in [0.25, 0.3) is 0 Å². The van der Waals surface area contributed by atoms with E-state index in [4.69, 9.17) is 0 Å². The molecule has 2 N–H and O–H groups in total. The number of nitrogens with one attached hydrogen (secondary N) is 1. The number of carbonyl (C=O) groups is 1. The average Bonchev–Trinajstić information content (AvgIpc) is 2.41. The molecule has 0 bridgehead atoms. The van der Waals surface area contributed by atoms with Gasteiger partial charge in [0.05, 0.1) is 5.41 Å². The Bertz CT molecular complexity index is 621. The fourth-order valence-electron chi connectivity index (χ4n) is 2.65. The van der Waals surface area contributed by atoms with E-state index in [1.807, 2.05) is 30.3 Å². The van der Waals surface area contributed by atoms with Crippen molar-refractivity contribution in [2.24, 2.45) is 0 Å². The molecule has 1 aliphatic carbocycles. The van der Waals surface area contributed by atoms with E-state index in [1.165, 1.54) is 6.07 Å². The molecule has 0 atom stereocenters. The second-order valence-electron chi connectivity index (χ2n) is 5.13. The van der Waals surface area contributed by atoms with Gasteiger partial charge in [0.15, 0.2) is 11.6 Å². The van der Waals surface area contributed by atoms with E-state index in [0.717, 1.165) is 24.8 Å². The maximum atomic E-state index is 12.6. The molecule has 1 amide bonds. The highest BCUT2D eigenvalue weighted by atomic mass is 16.3. The van der Waals surface area contributed by atoms with Crippen LogP contribution < -0.4 is 5.32 Å². The zero-order chi connectivity index (χ0) is 14.0. The van der Waals surface area contributed by atoms with E-state index < -0.39 is 5.41 Å². The van der Waals surface area contributed by atoms with E-state index in [2.05, 4.69) is 10.3 Å². The molecule has 3 rings (SSSR count). The summed E-state index contributed by atoms with van der Waals surface area (Å²) >= 11 is 0. The SMILES string of the molecule is O=C(Nc1ncccc1O)C1(c2ccccc2)CCC1. The number of hydrogen-bond acceptors (Lipinski definition) is 3. The Kier molecular flexibility index (Phi) is 3.14. The van der Waals surface area contributed by atoms with E-state index in [9.17, 15) is 9.90 Å². The average molecular weight is 268 g/mol. The summed E-state index contributed by atoms with van der Waals surface area (Å²) in [6.07, 6.45) is 4.24. The third-order valence-electron chi connectivity index (χ3n) is 3.99. The van der Waals surface area contributed by atoms with Crippen LogP contribution in [0.5, 0.6) is 5.75 Å². The van der Waals surface area contributed by atoms with Crippen LogP contribution in [-0.2, 0) is 10.2 Å². The summed E-state index contributed by atoms with van der Waals surface area (Å²) < 4.78 is 0. The Labute approximate surface area is 117 Å². The molecule has 102 valence electrons. The van der Waals surface area contributed by atoms with Crippen molar-refractivity contribution in [1.82, 2.24) is 4.98 Å². The Morgan fingerprint density at radius 3 is 2.50 bits per heavy atom. The van der Waals surface area contributed by atoms with E-state index in [-0.39, 0.29) is 17.5 Å². The summed E-state index contributed by atoms with van der Waals surface area (Å²) in [5.74, 6) is 0.118. The normalized spacial score (nSPS) is 16.2. The Balaban J connectivity index is 1.87. The summed E-state index contributed by atoms with van der Waals surface area (Å²) in [5, 5.41) is 12.5. The lowest BCUT2D eigenvalue weighted by Gasteiger charge is -2.40. The maximum absolute atomic E-state index is 12.6. The minimum absolute atomic E-state index is 0.0108. The van der Waals surface area contributed by atoms with Crippen LogP contribution in [0.3, 0.4) is 0 Å². The molecule has 1 aromatic heterocycles. The van der Waals surface area contributed by atoms with Crippen molar-refractivity contribution in [2.45, 2.75) is 24.7 Å².